The molecule has 0 saturated heterocycles. The highest BCUT2D eigenvalue weighted by atomic mass is 32.2. The standard InChI is InChI=1S/C9H12B2OS.C6H14O2/c1-6(12)13-5-7-2-8(10)4-9(11)3-7;1-5(2,7)6(3,4)8/h2-4H,5,10-11H2,1H3;7-8H,1-4H3. The van der Waals surface area contributed by atoms with Crippen LogP contribution in [-0.4, -0.2) is 42.2 Å². The molecular weight excluding hydrogens is 282 g/mol. The van der Waals surface area contributed by atoms with Gasteiger partial charge in [-0.15, -0.1) is 0 Å². The van der Waals surface area contributed by atoms with Gasteiger partial charge in [0.05, 0.1) is 11.2 Å². The zero-order valence-electron chi connectivity index (χ0n) is 14.2. The van der Waals surface area contributed by atoms with Crippen LogP contribution < -0.4 is 10.9 Å². The minimum atomic E-state index is -1.01. The number of benzene rings is 1. The van der Waals surface area contributed by atoms with Gasteiger partial charge in [-0.25, -0.2) is 0 Å². The third kappa shape index (κ3) is 9.02. The molecule has 0 aromatic heterocycles. The number of rotatable bonds is 3. The van der Waals surface area contributed by atoms with Gasteiger partial charge in [-0.1, -0.05) is 40.9 Å². The van der Waals surface area contributed by atoms with E-state index in [9.17, 15) is 4.79 Å². The summed E-state index contributed by atoms with van der Waals surface area (Å²) in [6.07, 6.45) is 0. The van der Waals surface area contributed by atoms with Crippen molar-refractivity contribution in [1.82, 2.24) is 0 Å². The lowest BCUT2D eigenvalue weighted by Gasteiger charge is -2.31. The summed E-state index contributed by atoms with van der Waals surface area (Å²) in [5.41, 5.74) is 1.75. The molecule has 0 spiro atoms. The van der Waals surface area contributed by atoms with Crippen molar-refractivity contribution in [3.63, 3.8) is 0 Å². The third-order valence-electron chi connectivity index (χ3n) is 3.22. The monoisotopic (exact) mass is 308 g/mol. The molecule has 0 saturated carbocycles. The molecule has 0 aliphatic rings. The van der Waals surface area contributed by atoms with E-state index in [1.807, 2.05) is 0 Å². The molecule has 0 unspecified atom stereocenters. The molecule has 0 amide bonds. The Hall–Kier alpha value is -0.710. The zero-order chi connectivity index (χ0) is 16.8. The summed E-state index contributed by atoms with van der Waals surface area (Å²) < 4.78 is 0. The fourth-order valence-electron chi connectivity index (χ4n) is 1.34. The maximum absolute atomic E-state index is 10.7. The Morgan fingerprint density at radius 3 is 1.71 bits per heavy atom. The normalized spacial score (nSPS) is 11.6. The van der Waals surface area contributed by atoms with Gasteiger partial charge in [0.25, 0.3) is 0 Å². The quantitative estimate of drug-likeness (QED) is 0.740. The van der Waals surface area contributed by atoms with Crippen LogP contribution in [0.25, 0.3) is 0 Å². The Morgan fingerprint density at radius 2 is 1.43 bits per heavy atom. The Balaban J connectivity index is 0.000000433. The van der Waals surface area contributed by atoms with Crippen LogP contribution in [0.4, 0.5) is 0 Å². The van der Waals surface area contributed by atoms with E-state index >= 15 is 0 Å². The van der Waals surface area contributed by atoms with E-state index in [0.29, 0.717) is 0 Å². The second kappa shape index (κ2) is 8.06. The van der Waals surface area contributed by atoms with Crippen molar-refractivity contribution < 1.29 is 15.0 Å². The second-order valence-electron chi connectivity index (χ2n) is 6.39. The van der Waals surface area contributed by atoms with E-state index in [0.717, 1.165) is 5.75 Å². The van der Waals surface area contributed by atoms with Gasteiger partial charge in [-0.2, -0.15) is 0 Å². The summed E-state index contributed by atoms with van der Waals surface area (Å²) in [4.78, 5) is 10.7. The van der Waals surface area contributed by atoms with Gasteiger partial charge in [0.2, 0.25) is 0 Å². The molecule has 0 aliphatic heterocycles. The molecule has 0 aliphatic carbocycles. The summed E-state index contributed by atoms with van der Waals surface area (Å²) in [5.74, 6) is 0.790. The first kappa shape index (κ1) is 20.3. The lowest BCUT2D eigenvalue weighted by atomic mass is 9.86. The number of hydrogen-bond donors (Lipinski definition) is 2. The SMILES string of the molecule is Bc1cc(B)cc(CSC(C)=O)c1.CC(C)(O)C(C)(C)O. The molecule has 3 nitrogen and oxygen atoms in total. The van der Waals surface area contributed by atoms with Crippen LogP contribution in [0.5, 0.6) is 0 Å². The number of carbonyl (C=O) groups is 1. The molecule has 116 valence electrons. The highest BCUT2D eigenvalue weighted by molar-refractivity contribution is 8.12. The summed E-state index contributed by atoms with van der Waals surface area (Å²) in [6.45, 7) is 7.91. The van der Waals surface area contributed by atoms with Gasteiger partial charge in [0.1, 0.15) is 15.7 Å². The van der Waals surface area contributed by atoms with Crippen LogP contribution in [0.3, 0.4) is 0 Å². The fraction of sp³-hybridized carbons (Fsp3) is 0.533. The molecule has 1 aromatic rings. The summed E-state index contributed by atoms with van der Waals surface area (Å²) in [6, 6.07) is 6.40. The first-order valence-corrected chi connectivity index (χ1v) is 7.97. The highest BCUT2D eigenvalue weighted by Gasteiger charge is 2.31. The Labute approximate surface area is 134 Å². The van der Waals surface area contributed by atoms with Crippen molar-refractivity contribution in [3.8, 4) is 0 Å². The van der Waals surface area contributed by atoms with Crippen LogP contribution in [0, 0.1) is 0 Å². The Kier molecular flexibility index (Phi) is 7.79. The molecule has 0 heterocycles. The van der Waals surface area contributed by atoms with Gasteiger partial charge in [-0.3, -0.25) is 4.79 Å². The van der Waals surface area contributed by atoms with E-state index < -0.39 is 11.2 Å². The highest BCUT2D eigenvalue weighted by Crippen LogP contribution is 2.19. The van der Waals surface area contributed by atoms with Crippen molar-refractivity contribution in [2.24, 2.45) is 0 Å². The first-order chi connectivity index (χ1) is 9.33. The predicted molar refractivity (Wildman–Crippen MR) is 97.4 cm³/mol. The molecular formula is C15H26B2O3S. The maximum atomic E-state index is 10.7. The van der Waals surface area contributed by atoms with Gasteiger partial charge in [0, 0.05) is 12.7 Å². The Bertz CT molecular complexity index is 445. The van der Waals surface area contributed by atoms with E-state index in [1.54, 1.807) is 34.6 Å². The minimum Gasteiger partial charge on any atom is -0.387 e. The van der Waals surface area contributed by atoms with E-state index in [-0.39, 0.29) is 5.12 Å². The molecule has 21 heavy (non-hydrogen) atoms. The maximum Gasteiger partial charge on any atom is 0.186 e. The van der Waals surface area contributed by atoms with E-state index in [2.05, 4.69) is 33.9 Å². The number of hydrogen-bond acceptors (Lipinski definition) is 4. The molecule has 0 radical (unpaired) electrons. The van der Waals surface area contributed by atoms with Crippen molar-refractivity contribution in [2.45, 2.75) is 51.6 Å². The first-order valence-electron chi connectivity index (χ1n) is 6.98. The van der Waals surface area contributed by atoms with Crippen molar-refractivity contribution >= 4 is 43.5 Å². The lowest BCUT2D eigenvalue weighted by molar-refractivity contribution is -0.109. The molecule has 6 heteroatoms. The number of carbonyl (C=O) groups excluding carboxylic acids is 1. The third-order valence-corrected chi connectivity index (χ3v) is 4.10. The molecule has 0 bridgehead atoms. The lowest BCUT2D eigenvalue weighted by Crippen LogP contribution is -2.44. The average molecular weight is 308 g/mol. The summed E-state index contributed by atoms with van der Waals surface area (Å²) in [7, 11) is 4.16. The van der Waals surface area contributed by atoms with Crippen LogP contribution in [0.2, 0.25) is 0 Å². The van der Waals surface area contributed by atoms with Gasteiger partial charge >= 0.3 is 0 Å². The number of thioether (sulfide) groups is 1. The van der Waals surface area contributed by atoms with Crippen LogP contribution in [-0.2, 0) is 10.5 Å². The summed E-state index contributed by atoms with van der Waals surface area (Å²) >= 11 is 1.36. The molecule has 1 rings (SSSR count). The smallest absolute Gasteiger partial charge is 0.186 e. The van der Waals surface area contributed by atoms with Crippen molar-refractivity contribution in [3.05, 3.63) is 23.8 Å². The van der Waals surface area contributed by atoms with Gasteiger partial charge in [-0.05, 0) is 33.3 Å². The molecule has 0 fully saturated rings. The van der Waals surface area contributed by atoms with Gasteiger partial charge < -0.3 is 10.2 Å². The largest absolute Gasteiger partial charge is 0.387 e. The van der Waals surface area contributed by atoms with Crippen molar-refractivity contribution in [1.29, 1.82) is 0 Å². The molecule has 2 N–H and O–H groups in total. The fourth-order valence-corrected chi connectivity index (χ4v) is 1.87. The van der Waals surface area contributed by atoms with Crippen LogP contribution >= 0.6 is 11.8 Å². The minimum absolute atomic E-state index is 0.180. The topological polar surface area (TPSA) is 57.5 Å². The van der Waals surface area contributed by atoms with E-state index in [1.165, 1.54) is 28.3 Å². The van der Waals surface area contributed by atoms with E-state index in [4.69, 9.17) is 10.2 Å². The molecule has 1 aromatic carbocycles. The van der Waals surface area contributed by atoms with Crippen molar-refractivity contribution in [2.75, 3.05) is 0 Å². The van der Waals surface area contributed by atoms with Gasteiger partial charge in [0.15, 0.2) is 5.12 Å². The van der Waals surface area contributed by atoms with Crippen LogP contribution in [0.15, 0.2) is 18.2 Å². The van der Waals surface area contributed by atoms with Crippen LogP contribution in [0.1, 0.15) is 40.2 Å². The molecule has 0 atom stereocenters. The Morgan fingerprint density at radius 1 is 1.05 bits per heavy atom. The second-order valence-corrected chi connectivity index (χ2v) is 7.55. The predicted octanol–water partition coefficient (Wildman–Crippen LogP) is -0.489. The zero-order valence-corrected chi connectivity index (χ0v) is 15.0. The number of aliphatic hydroxyl groups is 2. The average Bonchev–Trinajstić information content (AvgIpc) is 2.23. The summed E-state index contributed by atoms with van der Waals surface area (Å²) in [5, 5.41) is 18.4.